The van der Waals surface area contributed by atoms with Crippen LogP contribution in [0.1, 0.15) is 31.9 Å². The van der Waals surface area contributed by atoms with E-state index in [1.165, 1.54) is 20.5 Å². The van der Waals surface area contributed by atoms with E-state index in [9.17, 15) is 0 Å². The van der Waals surface area contributed by atoms with Crippen LogP contribution in [0, 0.1) is 19.3 Å². The van der Waals surface area contributed by atoms with Gasteiger partial charge in [0.15, 0.2) is 0 Å². The summed E-state index contributed by atoms with van der Waals surface area (Å²) in [5.41, 5.74) is 3.94. The molecular formula is C16H27NSn. The van der Waals surface area contributed by atoms with E-state index in [1.54, 1.807) is 0 Å². The molecule has 1 aromatic rings. The minimum absolute atomic E-state index is 0.184. The Morgan fingerprint density at radius 2 is 1.44 bits per heavy atom. The molecule has 0 fully saturated rings. The molecule has 0 N–H and O–H groups in total. The molecule has 18 heavy (non-hydrogen) atoms. The molecule has 100 valence electrons. The van der Waals surface area contributed by atoms with Crippen LogP contribution in [0.5, 0.6) is 0 Å². The topological polar surface area (TPSA) is 12.4 Å². The Bertz CT molecular complexity index is 423. The Labute approximate surface area is 117 Å². The van der Waals surface area contributed by atoms with Crippen molar-refractivity contribution in [1.82, 2.24) is 0 Å². The quantitative estimate of drug-likeness (QED) is 0.506. The number of hydrogen-bond acceptors (Lipinski definition) is 1. The molecule has 0 heterocycles. The van der Waals surface area contributed by atoms with E-state index in [1.807, 2.05) is 0 Å². The van der Waals surface area contributed by atoms with Gasteiger partial charge in [0.1, 0.15) is 0 Å². The van der Waals surface area contributed by atoms with Crippen molar-refractivity contribution in [2.75, 3.05) is 0 Å². The first-order valence-corrected chi connectivity index (χ1v) is 16.7. The first kappa shape index (κ1) is 15.7. The van der Waals surface area contributed by atoms with Crippen molar-refractivity contribution in [2.45, 2.75) is 49.4 Å². The monoisotopic (exact) mass is 353 g/mol. The summed E-state index contributed by atoms with van der Waals surface area (Å²) < 4.78 is 1.47. The van der Waals surface area contributed by atoms with Gasteiger partial charge in [0.2, 0.25) is 0 Å². The molecule has 0 aliphatic carbocycles. The van der Waals surface area contributed by atoms with Crippen molar-refractivity contribution >= 4 is 27.8 Å². The van der Waals surface area contributed by atoms with Crippen LogP contribution in [0.2, 0.25) is 14.8 Å². The van der Waals surface area contributed by atoms with Gasteiger partial charge in [-0.3, -0.25) is 0 Å². The Kier molecular flexibility index (Phi) is 4.69. The fraction of sp³-hybridized carbons (Fsp3) is 0.562. The van der Waals surface area contributed by atoms with Gasteiger partial charge in [-0.2, -0.15) is 0 Å². The zero-order chi connectivity index (χ0) is 14.1. The molecule has 0 aliphatic rings. The normalized spacial score (nSPS) is 13.9. The second-order valence-corrected chi connectivity index (χ2v) is 21.4. The van der Waals surface area contributed by atoms with Gasteiger partial charge in [-0.05, 0) is 0 Å². The summed E-state index contributed by atoms with van der Waals surface area (Å²) in [6.45, 7) is 11.2. The molecule has 0 bridgehead atoms. The van der Waals surface area contributed by atoms with E-state index in [4.69, 9.17) is 4.99 Å². The van der Waals surface area contributed by atoms with E-state index in [2.05, 4.69) is 67.6 Å². The second kappa shape index (κ2) is 5.36. The van der Waals surface area contributed by atoms with Crippen LogP contribution in [-0.2, 0) is 0 Å². The van der Waals surface area contributed by atoms with E-state index in [0.29, 0.717) is 0 Å². The van der Waals surface area contributed by atoms with E-state index in [0.717, 1.165) is 0 Å². The van der Waals surface area contributed by atoms with Gasteiger partial charge in [-0.15, -0.1) is 0 Å². The zero-order valence-electron chi connectivity index (χ0n) is 13.2. The molecule has 0 spiro atoms. The van der Waals surface area contributed by atoms with Crippen molar-refractivity contribution in [1.29, 1.82) is 0 Å². The van der Waals surface area contributed by atoms with Crippen LogP contribution in [0.3, 0.4) is 0 Å². The summed E-state index contributed by atoms with van der Waals surface area (Å²) in [5.74, 6) is 0. The summed E-state index contributed by atoms with van der Waals surface area (Å²) in [5, 5.41) is 0. The van der Waals surface area contributed by atoms with Gasteiger partial charge in [0, 0.05) is 0 Å². The van der Waals surface area contributed by atoms with Crippen LogP contribution >= 0.6 is 0 Å². The van der Waals surface area contributed by atoms with Crippen molar-refractivity contribution in [3.63, 3.8) is 0 Å². The Balaban J connectivity index is 3.44. The average molecular weight is 352 g/mol. The fourth-order valence-corrected chi connectivity index (χ4v) is 10.3. The summed E-state index contributed by atoms with van der Waals surface area (Å²) in [6, 6.07) is 6.43. The third-order valence-electron chi connectivity index (χ3n) is 3.08. The maximum atomic E-state index is 5.11. The van der Waals surface area contributed by atoms with Crippen molar-refractivity contribution in [2.24, 2.45) is 10.4 Å². The molecule has 1 aromatic carbocycles. The minimum atomic E-state index is -2.16. The van der Waals surface area contributed by atoms with Gasteiger partial charge >= 0.3 is 117 Å². The van der Waals surface area contributed by atoms with Crippen molar-refractivity contribution < 1.29 is 0 Å². The molecule has 0 atom stereocenters. The number of rotatable bonds is 2. The van der Waals surface area contributed by atoms with Gasteiger partial charge in [0.05, 0.1) is 0 Å². The van der Waals surface area contributed by atoms with Crippen molar-refractivity contribution in [3.8, 4) is 0 Å². The first-order chi connectivity index (χ1) is 8.03. The van der Waals surface area contributed by atoms with E-state index in [-0.39, 0.29) is 5.41 Å². The SMILES string of the molecule is Cc1cccc(C)c1N=[C](C(C)(C)C)[Sn]([CH3])([CH3])[CH3]. The Hall–Kier alpha value is -0.311. The van der Waals surface area contributed by atoms with Gasteiger partial charge in [-0.1, -0.05) is 0 Å². The maximum absolute atomic E-state index is 5.11. The van der Waals surface area contributed by atoms with Gasteiger partial charge in [0.25, 0.3) is 0 Å². The third kappa shape index (κ3) is 3.84. The number of benzene rings is 1. The van der Waals surface area contributed by atoms with Crippen LogP contribution < -0.4 is 0 Å². The second-order valence-electron chi connectivity index (χ2n) is 7.20. The van der Waals surface area contributed by atoms with Crippen LogP contribution in [0.25, 0.3) is 0 Å². The number of nitrogens with zero attached hydrogens (tertiary/aromatic N) is 1. The number of hydrogen-bond donors (Lipinski definition) is 0. The van der Waals surface area contributed by atoms with Gasteiger partial charge in [-0.25, -0.2) is 0 Å². The fourth-order valence-electron chi connectivity index (χ4n) is 2.55. The van der Waals surface area contributed by atoms with E-state index < -0.39 is 18.4 Å². The molecule has 0 amide bonds. The summed E-state index contributed by atoms with van der Waals surface area (Å²) in [4.78, 5) is 12.5. The molecule has 0 aromatic heterocycles. The zero-order valence-corrected chi connectivity index (χ0v) is 16.0. The van der Waals surface area contributed by atoms with E-state index >= 15 is 0 Å². The van der Waals surface area contributed by atoms with Crippen molar-refractivity contribution in [3.05, 3.63) is 29.3 Å². The summed E-state index contributed by atoms with van der Waals surface area (Å²) >= 11 is -2.16. The molecule has 0 saturated heterocycles. The Morgan fingerprint density at radius 1 is 1.00 bits per heavy atom. The summed E-state index contributed by atoms with van der Waals surface area (Å²) in [7, 11) is 0. The number of aryl methyl sites for hydroxylation is 2. The summed E-state index contributed by atoms with van der Waals surface area (Å²) in [6.07, 6.45) is 0. The molecule has 1 rings (SSSR count). The molecule has 0 unspecified atom stereocenters. The molecule has 0 aliphatic heterocycles. The third-order valence-corrected chi connectivity index (χ3v) is 9.60. The standard InChI is InChI=1S/C13H18N.3CH3.Sn/c1-10-7-6-8-11(2)12(10)14-9-13(3,4)5;;;;/h6-8H,1-5H3;3*1H3;. The number of aliphatic imine (C=N–C) groups is 1. The molecule has 2 heteroatoms. The molecular weight excluding hydrogens is 325 g/mol. The predicted molar refractivity (Wildman–Crippen MR) is 85.8 cm³/mol. The molecule has 0 radical (unpaired) electrons. The molecule has 0 saturated carbocycles. The van der Waals surface area contributed by atoms with Gasteiger partial charge < -0.3 is 0 Å². The number of para-hydroxylation sites is 1. The average Bonchev–Trinajstić information content (AvgIpc) is 2.12. The first-order valence-electron chi connectivity index (χ1n) is 6.69. The Morgan fingerprint density at radius 3 is 1.78 bits per heavy atom. The predicted octanol–water partition coefficient (Wildman–Crippen LogP) is 5.30. The molecule has 1 nitrogen and oxygen atoms in total. The van der Waals surface area contributed by atoms with Crippen LogP contribution in [0.15, 0.2) is 23.2 Å². The van der Waals surface area contributed by atoms with Crippen LogP contribution in [-0.4, -0.2) is 22.1 Å². The van der Waals surface area contributed by atoms with Crippen LogP contribution in [0.4, 0.5) is 5.69 Å².